The van der Waals surface area contributed by atoms with E-state index >= 15 is 0 Å². The molecule has 1 aromatic rings. The number of nitrogens with zero attached hydrogens (tertiary/aromatic N) is 2. The third kappa shape index (κ3) is 3.91. The van der Waals surface area contributed by atoms with Crippen molar-refractivity contribution in [3.63, 3.8) is 0 Å². The SMILES string of the molecule is C[C@@H](O)CNC1CCN(c2ccc([N+](=O)[O-])cc2)CC1. The van der Waals surface area contributed by atoms with E-state index in [4.69, 9.17) is 0 Å². The highest BCUT2D eigenvalue weighted by atomic mass is 16.6. The molecule has 1 aliphatic rings. The molecule has 1 saturated heterocycles. The van der Waals surface area contributed by atoms with Gasteiger partial charge in [0.1, 0.15) is 0 Å². The van der Waals surface area contributed by atoms with Gasteiger partial charge in [-0.25, -0.2) is 0 Å². The van der Waals surface area contributed by atoms with Gasteiger partial charge in [-0.3, -0.25) is 10.1 Å². The van der Waals surface area contributed by atoms with E-state index in [0.717, 1.165) is 31.6 Å². The zero-order chi connectivity index (χ0) is 14.5. The van der Waals surface area contributed by atoms with Crippen LogP contribution in [0.1, 0.15) is 19.8 Å². The third-order valence-electron chi connectivity index (χ3n) is 3.62. The molecule has 0 aromatic heterocycles. The van der Waals surface area contributed by atoms with Crippen LogP contribution in [0.5, 0.6) is 0 Å². The number of non-ortho nitro benzene ring substituents is 1. The van der Waals surface area contributed by atoms with E-state index in [9.17, 15) is 15.2 Å². The van der Waals surface area contributed by atoms with E-state index in [1.54, 1.807) is 19.1 Å². The highest BCUT2D eigenvalue weighted by Crippen LogP contribution is 2.22. The van der Waals surface area contributed by atoms with E-state index in [1.165, 1.54) is 0 Å². The average Bonchev–Trinajstić information content (AvgIpc) is 2.46. The highest BCUT2D eigenvalue weighted by molar-refractivity contribution is 5.51. The van der Waals surface area contributed by atoms with Crippen LogP contribution in [0.15, 0.2) is 24.3 Å². The van der Waals surface area contributed by atoms with Crippen molar-refractivity contribution in [1.29, 1.82) is 0 Å². The molecule has 0 unspecified atom stereocenters. The normalized spacial score (nSPS) is 18.0. The number of benzene rings is 1. The predicted octanol–water partition coefficient (Wildman–Crippen LogP) is 1.53. The Labute approximate surface area is 118 Å². The molecule has 2 rings (SSSR count). The minimum atomic E-state index is -0.379. The van der Waals surface area contributed by atoms with Gasteiger partial charge in [-0.2, -0.15) is 0 Å². The summed E-state index contributed by atoms with van der Waals surface area (Å²) in [4.78, 5) is 12.5. The maximum atomic E-state index is 10.6. The summed E-state index contributed by atoms with van der Waals surface area (Å²) in [6.07, 6.45) is 1.72. The number of aliphatic hydroxyl groups excluding tert-OH is 1. The Morgan fingerprint density at radius 1 is 1.40 bits per heavy atom. The molecule has 0 aliphatic carbocycles. The van der Waals surface area contributed by atoms with Gasteiger partial charge in [0, 0.05) is 43.5 Å². The molecule has 1 fully saturated rings. The van der Waals surface area contributed by atoms with Gasteiger partial charge < -0.3 is 15.3 Å². The molecule has 1 atom stereocenters. The summed E-state index contributed by atoms with van der Waals surface area (Å²) in [5.41, 5.74) is 1.16. The summed E-state index contributed by atoms with van der Waals surface area (Å²) in [7, 11) is 0. The largest absolute Gasteiger partial charge is 0.392 e. The first-order chi connectivity index (χ1) is 9.56. The molecule has 6 heteroatoms. The van der Waals surface area contributed by atoms with Crippen LogP contribution in [0.4, 0.5) is 11.4 Å². The number of nitro benzene ring substituents is 1. The summed E-state index contributed by atoms with van der Waals surface area (Å²) in [5, 5.41) is 23.2. The second-order valence-electron chi connectivity index (χ2n) is 5.29. The quantitative estimate of drug-likeness (QED) is 0.631. The Kier molecular flexibility index (Phi) is 4.92. The Hall–Kier alpha value is -1.66. The fourth-order valence-corrected chi connectivity index (χ4v) is 2.46. The van der Waals surface area contributed by atoms with Crippen LogP contribution in [-0.2, 0) is 0 Å². The predicted molar refractivity (Wildman–Crippen MR) is 78.0 cm³/mol. The minimum absolute atomic E-state index is 0.127. The maximum Gasteiger partial charge on any atom is 0.269 e. The number of anilines is 1. The second-order valence-corrected chi connectivity index (χ2v) is 5.29. The summed E-state index contributed by atoms with van der Waals surface area (Å²) >= 11 is 0. The summed E-state index contributed by atoms with van der Waals surface area (Å²) in [5.74, 6) is 0. The molecule has 1 aliphatic heterocycles. The van der Waals surface area contributed by atoms with E-state index < -0.39 is 0 Å². The van der Waals surface area contributed by atoms with Crippen LogP contribution in [0, 0.1) is 10.1 Å². The highest BCUT2D eigenvalue weighted by Gasteiger charge is 2.19. The lowest BCUT2D eigenvalue weighted by molar-refractivity contribution is -0.384. The summed E-state index contributed by atoms with van der Waals surface area (Å²) in [6.45, 7) is 4.26. The van der Waals surface area contributed by atoms with Gasteiger partial charge in [0.15, 0.2) is 0 Å². The number of piperidine rings is 1. The van der Waals surface area contributed by atoms with E-state index in [2.05, 4.69) is 10.2 Å². The van der Waals surface area contributed by atoms with Gasteiger partial charge in [0.05, 0.1) is 11.0 Å². The molecular formula is C14H21N3O3. The number of hydrogen-bond donors (Lipinski definition) is 2. The van der Waals surface area contributed by atoms with Crippen LogP contribution < -0.4 is 10.2 Å². The number of nitro groups is 1. The van der Waals surface area contributed by atoms with Crippen molar-refractivity contribution < 1.29 is 10.0 Å². The monoisotopic (exact) mass is 279 g/mol. The maximum absolute atomic E-state index is 10.6. The molecule has 1 heterocycles. The topological polar surface area (TPSA) is 78.6 Å². The third-order valence-corrected chi connectivity index (χ3v) is 3.62. The first kappa shape index (κ1) is 14.7. The van der Waals surface area contributed by atoms with Crippen molar-refractivity contribution in [2.75, 3.05) is 24.5 Å². The molecule has 6 nitrogen and oxygen atoms in total. The smallest absolute Gasteiger partial charge is 0.269 e. The van der Waals surface area contributed by atoms with Crippen LogP contribution in [0.3, 0.4) is 0 Å². The number of nitrogens with one attached hydrogen (secondary N) is 1. The lowest BCUT2D eigenvalue weighted by Crippen LogP contribution is -2.44. The van der Waals surface area contributed by atoms with Gasteiger partial charge in [0.2, 0.25) is 0 Å². The zero-order valence-corrected chi connectivity index (χ0v) is 11.7. The standard InChI is InChI=1S/C14H21N3O3/c1-11(18)10-15-12-6-8-16(9-7-12)13-2-4-14(5-3-13)17(19)20/h2-5,11-12,15,18H,6-10H2,1H3/t11-/m1/s1. The number of aliphatic hydroxyl groups is 1. The van der Waals surface area contributed by atoms with Crippen molar-refractivity contribution in [1.82, 2.24) is 5.32 Å². The van der Waals surface area contributed by atoms with Crippen molar-refractivity contribution >= 4 is 11.4 Å². The molecule has 2 N–H and O–H groups in total. The Bertz CT molecular complexity index is 439. The Morgan fingerprint density at radius 2 is 2.00 bits per heavy atom. The van der Waals surface area contributed by atoms with Gasteiger partial charge in [-0.05, 0) is 31.9 Å². The molecule has 0 radical (unpaired) electrons. The molecule has 0 amide bonds. The van der Waals surface area contributed by atoms with E-state index in [-0.39, 0.29) is 16.7 Å². The molecule has 0 saturated carbocycles. The molecule has 0 bridgehead atoms. The molecule has 1 aromatic carbocycles. The van der Waals surface area contributed by atoms with Crippen molar-refractivity contribution in [2.45, 2.75) is 31.9 Å². The molecule has 110 valence electrons. The summed E-state index contributed by atoms with van der Waals surface area (Å²) < 4.78 is 0. The summed E-state index contributed by atoms with van der Waals surface area (Å²) in [6, 6.07) is 7.16. The van der Waals surface area contributed by atoms with E-state index in [1.807, 2.05) is 12.1 Å². The van der Waals surface area contributed by atoms with Crippen molar-refractivity contribution in [2.24, 2.45) is 0 Å². The number of rotatable bonds is 5. The van der Waals surface area contributed by atoms with Gasteiger partial charge in [-0.1, -0.05) is 0 Å². The van der Waals surface area contributed by atoms with Crippen molar-refractivity contribution in [3.05, 3.63) is 34.4 Å². The van der Waals surface area contributed by atoms with Gasteiger partial charge in [-0.15, -0.1) is 0 Å². The fraction of sp³-hybridized carbons (Fsp3) is 0.571. The van der Waals surface area contributed by atoms with Gasteiger partial charge >= 0.3 is 0 Å². The molecule has 20 heavy (non-hydrogen) atoms. The van der Waals surface area contributed by atoms with Crippen LogP contribution in [-0.4, -0.2) is 41.8 Å². The first-order valence-corrected chi connectivity index (χ1v) is 6.97. The molecule has 0 spiro atoms. The lowest BCUT2D eigenvalue weighted by atomic mass is 10.0. The van der Waals surface area contributed by atoms with Crippen LogP contribution in [0.25, 0.3) is 0 Å². The Balaban J connectivity index is 1.85. The van der Waals surface area contributed by atoms with Gasteiger partial charge in [0.25, 0.3) is 5.69 Å². The minimum Gasteiger partial charge on any atom is -0.392 e. The average molecular weight is 279 g/mol. The lowest BCUT2D eigenvalue weighted by Gasteiger charge is -2.34. The van der Waals surface area contributed by atoms with E-state index in [0.29, 0.717) is 12.6 Å². The second kappa shape index (κ2) is 6.67. The first-order valence-electron chi connectivity index (χ1n) is 6.97. The number of hydrogen-bond acceptors (Lipinski definition) is 5. The Morgan fingerprint density at radius 3 is 2.50 bits per heavy atom. The van der Waals surface area contributed by atoms with Crippen molar-refractivity contribution in [3.8, 4) is 0 Å². The fourth-order valence-electron chi connectivity index (χ4n) is 2.46. The van der Waals surface area contributed by atoms with Crippen LogP contribution >= 0.6 is 0 Å². The zero-order valence-electron chi connectivity index (χ0n) is 11.7. The molecular weight excluding hydrogens is 258 g/mol. The van der Waals surface area contributed by atoms with Crippen LogP contribution in [0.2, 0.25) is 0 Å².